The third-order valence-electron chi connectivity index (χ3n) is 1.65. The van der Waals surface area contributed by atoms with Gasteiger partial charge < -0.3 is 0 Å². The average Bonchev–Trinajstić information content (AvgIpc) is 2.65. The molecule has 0 aliphatic carbocycles. The molecule has 2 rings (SSSR count). The maximum Gasteiger partial charge on any atom is 0.205 e. The molecule has 0 atom stereocenters. The van der Waals surface area contributed by atoms with Gasteiger partial charge in [0.25, 0.3) is 0 Å². The molecule has 0 unspecified atom stereocenters. The highest BCUT2D eigenvalue weighted by Crippen LogP contribution is 2.11. The van der Waals surface area contributed by atoms with E-state index in [1.165, 1.54) is 17.1 Å². The zero-order chi connectivity index (χ0) is 9.97. The molecule has 0 bridgehead atoms. The third-order valence-corrected chi connectivity index (χ3v) is 1.65. The first-order valence-electron chi connectivity index (χ1n) is 3.83. The minimum absolute atomic E-state index is 0.416. The van der Waals surface area contributed by atoms with E-state index in [2.05, 4.69) is 14.9 Å². The van der Waals surface area contributed by atoms with E-state index in [0.29, 0.717) is 11.5 Å². The molecule has 0 spiro atoms. The minimum Gasteiger partial charge on any atom is -0.249 e. The van der Waals surface area contributed by atoms with Crippen molar-refractivity contribution in [2.24, 2.45) is 0 Å². The largest absolute Gasteiger partial charge is 0.249 e. The van der Waals surface area contributed by atoms with Gasteiger partial charge in [0.2, 0.25) is 5.69 Å². The summed E-state index contributed by atoms with van der Waals surface area (Å²) in [5, 5.41) is 3.74. The van der Waals surface area contributed by atoms with E-state index in [-0.39, 0.29) is 0 Å². The predicted octanol–water partition coefficient (Wildman–Crippen LogP) is 1.96. The van der Waals surface area contributed by atoms with Crippen molar-refractivity contribution < 1.29 is 4.39 Å². The number of pyridine rings is 1. The van der Waals surface area contributed by atoms with Gasteiger partial charge in [-0.2, -0.15) is 5.10 Å². The van der Waals surface area contributed by atoms with E-state index in [4.69, 9.17) is 6.57 Å². The van der Waals surface area contributed by atoms with E-state index >= 15 is 0 Å². The fourth-order valence-corrected chi connectivity index (χ4v) is 1.01. The van der Waals surface area contributed by atoms with Crippen LogP contribution in [-0.2, 0) is 0 Å². The van der Waals surface area contributed by atoms with Crippen molar-refractivity contribution in [1.29, 1.82) is 0 Å². The van der Waals surface area contributed by atoms with Gasteiger partial charge in [0.15, 0.2) is 11.6 Å². The quantitative estimate of drug-likeness (QED) is 0.641. The fraction of sp³-hybridized carbons (Fsp3) is 0. The summed E-state index contributed by atoms with van der Waals surface area (Å²) in [6.07, 6.45) is 3.74. The second kappa shape index (κ2) is 3.26. The lowest BCUT2D eigenvalue weighted by molar-refractivity contribution is 0.627. The van der Waals surface area contributed by atoms with Gasteiger partial charge >= 0.3 is 0 Å². The van der Waals surface area contributed by atoms with Gasteiger partial charge in [-0.25, -0.2) is 18.9 Å². The molecule has 4 nitrogen and oxygen atoms in total. The molecule has 0 aliphatic heterocycles. The number of hydrogen-bond donors (Lipinski definition) is 0. The van der Waals surface area contributed by atoms with Crippen molar-refractivity contribution in [3.05, 3.63) is 48.0 Å². The molecule has 68 valence electrons. The van der Waals surface area contributed by atoms with Crippen LogP contribution in [-0.4, -0.2) is 14.8 Å². The fourth-order valence-electron chi connectivity index (χ4n) is 1.01. The Balaban J connectivity index is 2.39. The monoisotopic (exact) mass is 188 g/mol. The number of rotatable bonds is 1. The zero-order valence-corrected chi connectivity index (χ0v) is 7.05. The highest BCUT2D eigenvalue weighted by molar-refractivity contribution is 5.44. The summed E-state index contributed by atoms with van der Waals surface area (Å²) in [7, 11) is 0. The van der Waals surface area contributed by atoms with E-state index in [0.717, 1.165) is 6.20 Å². The molecule has 0 aromatic carbocycles. The van der Waals surface area contributed by atoms with Gasteiger partial charge in [-0.1, -0.05) is 6.07 Å². The van der Waals surface area contributed by atoms with Crippen LogP contribution in [0.15, 0.2) is 30.7 Å². The molecule has 14 heavy (non-hydrogen) atoms. The standard InChI is InChI=1S/C9H5FN4/c1-11-8-2-3-9(12-5-8)14-6-7(10)4-13-14/h2-6H. The molecule has 0 saturated heterocycles. The van der Waals surface area contributed by atoms with Crippen LogP contribution < -0.4 is 0 Å². The van der Waals surface area contributed by atoms with E-state index in [1.54, 1.807) is 12.1 Å². The van der Waals surface area contributed by atoms with Gasteiger partial charge in [-0.3, -0.25) is 0 Å². The van der Waals surface area contributed by atoms with Crippen LogP contribution in [0.25, 0.3) is 10.7 Å². The first kappa shape index (κ1) is 8.38. The van der Waals surface area contributed by atoms with Crippen molar-refractivity contribution in [3.8, 4) is 5.82 Å². The van der Waals surface area contributed by atoms with Crippen LogP contribution in [0.2, 0.25) is 0 Å². The first-order chi connectivity index (χ1) is 6.79. The number of hydrogen-bond acceptors (Lipinski definition) is 2. The Morgan fingerprint density at radius 1 is 1.36 bits per heavy atom. The molecule has 2 heterocycles. The minimum atomic E-state index is -0.416. The summed E-state index contributed by atoms with van der Waals surface area (Å²) in [6.45, 7) is 6.73. The highest BCUT2D eigenvalue weighted by Gasteiger charge is 2.00. The Morgan fingerprint density at radius 3 is 2.71 bits per heavy atom. The average molecular weight is 188 g/mol. The van der Waals surface area contributed by atoms with Crippen molar-refractivity contribution in [3.63, 3.8) is 0 Å². The Kier molecular flexibility index (Phi) is 1.95. The summed E-state index contributed by atoms with van der Waals surface area (Å²) in [4.78, 5) is 7.15. The number of halogens is 1. The normalized spacial score (nSPS) is 9.71. The molecule has 0 aliphatic rings. The Labute approximate surface area is 79.4 Å². The van der Waals surface area contributed by atoms with Gasteiger partial charge in [0.1, 0.15) is 0 Å². The summed E-state index contributed by atoms with van der Waals surface area (Å²) < 4.78 is 13.9. The van der Waals surface area contributed by atoms with Crippen LogP contribution in [0.1, 0.15) is 0 Å². The summed E-state index contributed by atoms with van der Waals surface area (Å²) in [5.74, 6) is 0.0716. The van der Waals surface area contributed by atoms with Crippen molar-refractivity contribution >= 4 is 5.69 Å². The molecule has 0 fully saturated rings. The Hall–Kier alpha value is -2.22. The molecular formula is C9H5FN4. The van der Waals surface area contributed by atoms with Gasteiger partial charge in [-0.05, 0) is 6.07 Å². The smallest absolute Gasteiger partial charge is 0.205 e. The first-order valence-corrected chi connectivity index (χ1v) is 3.83. The lowest BCUT2D eigenvalue weighted by atomic mass is 10.4. The molecular weight excluding hydrogens is 183 g/mol. The second-order valence-electron chi connectivity index (χ2n) is 2.59. The van der Waals surface area contributed by atoms with Crippen molar-refractivity contribution in [2.75, 3.05) is 0 Å². The summed E-state index contributed by atoms with van der Waals surface area (Å²) in [6, 6.07) is 3.22. The van der Waals surface area contributed by atoms with Crippen molar-refractivity contribution in [1.82, 2.24) is 14.8 Å². The lowest BCUT2D eigenvalue weighted by Crippen LogP contribution is -1.96. The SMILES string of the molecule is [C-]#[N+]c1ccc(-n2cc(F)cn2)nc1. The predicted molar refractivity (Wildman–Crippen MR) is 47.6 cm³/mol. The topological polar surface area (TPSA) is 35.1 Å². The molecule has 2 aromatic rings. The van der Waals surface area contributed by atoms with Gasteiger partial charge in [0.05, 0.1) is 19.0 Å². The number of nitrogens with zero attached hydrogens (tertiary/aromatic N) is 4. The third kappa shape index (κ3) is 1.45. The van der Waals surface area contributed by atoms with Gasteiger partial charge in [0, 0.05) is 6.20 Å². The maximum atomic E-state index is 12.6. The lowest BCUT2D eigenvalue weighted by Gasteiger charge is -1.98. The number of aromatic nitrogens is 3. The summed E-state index contributed by atoms with van der Waals surface area (Å²) in [5.41, 5.74) is 0.446. The van der Waals surface area contributed by atoms with Crippen LogP contribution in [0.5, 0.6) is 0 Å². The molecule has 0 radical (unpaired) electrons. The Morgan fingerprint density at radius 2 is 2.21 bits per heavy atom. The maximum absolute atomic E-state index is 12.6. The van der Waals surface area contributed by atoms with Crippen molar-refractivity contribution in [2.45, 2.75) is 0 Å². The molecule has 0 N–H and O–H groups in total. The Bertz CT molecular complexity index is 480. The van der Waals surface area contributed by atoms with Crippen LogP contribution >= 0.6 is 0 Å². The highest BCUT2D eigenvalue weighted by atomic mass is 19.1. The van der Waals surface area contributed by atoms with Crippen LogP contribution in [0, 0.1) is 12.4 Å². The zero-order valence-electron chi connectivity index (χ0n) is 7.05. The van der Waals surface area contributed by atoms with Crippen LogP contribution in [0.4, 0.5) is 10.1 Å². The van der Waals surface area contributed by atoms with Crippen LogP contribution in [0.3, 0.4) is 0 Å². The van der Waals surface area contributed by atoms with E-state index in [9.17, 15) is 4.39 Å². The van der Waals surface area contributed by atoms with E-state index in [1.807, 2.05) is 0 Å². The molecule has 5 heteroatoms. The van der Waals surface area contributed by atoms with E-state index < -0.39 is 5.82 Å². The molecule has 2 aromatic heterocycles. The summed E-state index contributed by atoms with van der Waals surface area (Å²) >= 11 is 0. The molecule has 0 amide bonds. The molecule has 0 saturated carbocycles. The second-order valence-corrected chi connectivity index (χ2v) is 2.59. The van der Waals surface area contributed by atoms with Gasteiger partial charge in [-0.15, -0.1) is 0 Å².